The van der Waals surface area contributed by atoms with Crippen LogP contribution in [0.15, 0.2) is 0 Å². The van der Waals surface area contributed by atoms with Crippen LogP contribution in [0.1, 0.15) is 12.8 Å². The van der Waals surface area contributed by atoms with Crippen molar-refractivity contribution in [3.8, 4) is 0 Å². The van der Waals surface area contributed by atoms with E-state index in [0.29, 0.717) is 23.9 Å². The van der Waals surface area contributed by atoms with E-state index in [1.54, 1.807) is 23.0 Å². The van der Waals surface area contributed by atoms with Gasteiger partial charge in [-0.2, -0.15) is 0 Å². The van der Waals surface area contributed by atoms with Crippen LogP contribution >= 0.6 is 39.5 Å². The Morgan fingerprint density at radius 3 is 3.00 bits per heavy atom. The Morgan fingerprint density at radius 2 is 2.45 bits per heavy atom. The molecule has 1 rings (SSSR count). The van der Waals surface area contributed by atoms with E-state index in [2.05, 4.69) is 4.81 Å². The first kappa shape index (κ1) is 10.7. The van der Waals surface area contributed by atoms with Crippen LogP contribution < -0.4 is 19.2 Å². The zero-order chi connectivity index (χ0) is 8.10. The van der Waals surface area contributed by atoms with Gasteiger partial charge in [0.2, 0.25) is 0 Å². The predicted octanol–water partition coefficient (Wildman–Crippen LogP) is -1.49. The van der Waals surface area contributed by atoms with Crippen molar-refractivity contribution in [2.24, 2.45) is 0 Å². The summed E-state index contributed by atoms with van der Waals surface area (Å²) in [5, 5.41) is 0. The van der Waals surface area contributed by atoms with Crippen LogP contribution in [0, 0.1) is 0 Å². The third-order valence-electron chi connectivity index (χ3n) is 0.927. The van der Waals surface area contributed by atoms with Crippen LogP contribution in [0.3, 0.4) is 0 Å². The van der Waals surface area contributed by atoms with Gasteiger partial charge in [0.1, 0.15) is 0 Å². The SMILES string of the molecule is [OH+]=C(CCCOI1N[I-]1)OI. The van der Waals surface area contributed by atoms with E-state index in [0.717, 1.165) is 13.0 Å². The van der Waals surface area contributed by atoms with Gasteiger partial charge in [0.05, 0.1) is 0 Å². The maximum atomic E-state index is 8.87. The third kappa shape index (κ3) is 5.76. The Balaban J connectivity index is 1.82. The summed E-state index contributed by atoms with van der Waals surface area (Å²) in [6, 6.07) is 0. The van der Waals surface area contributed by atoms with Gasteiger partial charge in [-0.05, 0) is 0 Å². The summed E-state index contributed by atoms with van der Waals surface area (Å²) in [5.41, 5.74) is 0. The summed E-state index contributed by atoms with van der Waals surface area (Å²) in [6.07, 6.45) is 1.44. The number of hydrogen-bond acceptors (Lipinski definition) is 3. The molecule has 1 fully saturated rings. The first-order valence-electron chi connectivity index (χ1n) is 2.90. The van der Waals surface area contributed by atoms with Gasteiger partial charge in [0.25, 0.3) is 0 Å². The molecule has 1 heterocycles. The molecule has 0 amide bonds. The van der Waals surface area contributed by atoms with Crippen molar-refractivity contribution >= 4 is 45.5 Å². The molecule has 1 aliphatic heterocycles. The van der Waals surface area contributed by atoms with Crippen molar-refractivity contribution in [2.75, 3.05) is 6.61 Å². The van der Waals surface area contributed by atoms with Gasteiger partial charge >= 0.3 is 95.1 Å². The molecule has 0 aromatic heterocycles. The standard InChI is InChI=1S/C4H7I3NO3/c5-11-4(9)2-1-3-10-7-6-8-7/h8H,1-3H2/q-1/p+1. The molecular formula is C4H8I3NO3. The van der Waals surface area contributed by atoms with Gasteiger partial charge in [0.15, 0.2) is 0 Å². The molecule has 0 atom stereocenters. The fourth-order valence-corrected chi connectivity index (χ4v) is 7.60. The molecular weight excluding hydrogens is 491 g/mol. The summed E-state index contributed by atoms with van der Waals surface area (Å²) in [7, 11) is 0. The fraction of sp³-hybridized carbons (Fsp3) is 0.750. The van der Waals surface area contributed by atoms with Gasteiger partial charge < -0.3 is 0 Å². The molecule has 0 bridgehead atoms. The van der Waals surface area contributed by atoms with Crippen molar-refractivity contribution in [3.05, 3.63) is 0 Å². The molecule has 0 aromatic rings. The second kappa shape index (κ2) is 6.10. The fourth-order valence-electron chi connectivity index (χ4n) is 0.437. The molecule has 0 radical (unpaired) electrons. The number of rotatable bonds is 5. The van der Waals surface area contributed by atoms with E-state index >= 15 is 0 Å². The van der Waals surface area contributed by atoms with Crippen molar-refractivity contribution in [3.63, 3.8) is 0 Å². The predicted molar refractivity (Wildman–Crippen MR) is 54.4 cm³/mol. The summed E-state index contributed by atoms with van der Waals surface area (Å²) in [4.78, 5) is 8.87. The van der Waals surface area contributed by atoms with Crippen LogP contribution in [0.25, 0.3) is 0 Å². The molecule has 0 spiro atoms. The van der Waals surface area contributed by atoms with E-state index in [4.69, 9.17) is 7.86 Å². The van der Waals surface area contributed by atoms with Gasteiger partial charge in [0, 0.05) is 0 Å². The molecule has 1 saturated heterocycles. The van der Waals surface area contributed by atoms with E-state index in [-0.39, 0.29) is 5.97 Å². The second-order valence-corrected chi connectivity index (χ2v) is 15.2. The summed E-state index contributed by atoms with van der Waals surface area (Å²) >= 11 is 1.07. The minimum atomic E-state index is -0.912. The first-order valence-corrected chi connectivity index (χ1v) is 13.1. The van der Waals surface area contributed by atoms with Gasteiger partial charge in [-0.1, -0.05) is 0 Å². The normalized spacial score (nSPS) is 18.8. The molecule has 0 aliphatic carbocycles. The minimum absolute atomic E-state index is 0.0939. The van der Waals surface area contributed by atoms with Crippen molar-refractivity contribution < 1.29 is 28.4 Å². The average Bonchev–Trinajstić information content (AvgIpc) is 2.81. The Hall–Kier alpha value is 1.58. The Morgan fingerprint density at radius 1 is 1.73 bits per heavy atom. The van der Waals surface area contributed by atoms with Gasteiger partial charge in [-0.25, -0.2) is 0 Å². The number of halogens is 3. The van der Waals surface area contributed by atoms with Crippen molar-refractivity contribution in [1.82, 2.24) is 1.74 Å². The quantitative estimate of drug-likeness (QED) is 0.165. The van der Waals surface area contributed by atoms with Crippen LogP contribution in [-0.2, 0) is 6.13 Å². The molecule has 11 heavy (non-hydrogen) atoms. The van der Waals surface area contributed by atoms with E-state index in [9.17, 15) is 0 Å². The third-order valence-corrected chi connectivity index (χ3v) is 9.71. The molecule has 0 unspecified atom stereocenters. The molecule has 68 valence electrons. The summed E-state index contributed by atoms with van der Waals surface area (Å²) in [5.74, 6) is 0.0939. The molecule has 0 aromatic carbocycles. The Bertz CT molecular complexity index is 141. The van der Waals surface area contributed by atoms with E-state index < -0.39 is 16.5 Å². The maximum absolute atomic E-state index is 8.87. The topological polar surface area (TPSA) is 61.8 Å². The molecule has 2 N–H and O–H groups in total. The van der Waals surface area contributed by atoms with Crippen molar-refractivity contribution in [1.29, 1.82) is 0 Å². The van der Waals surface area contributed by atoms with E-state index in [1.807, 2.05) is 0 Å². The van der Waals surface area contributed by atoms with Gasteiger partial charge in [-0.15, -0.1) is 0 Å². The first-order chi connectivity index (χ1) is 5.33. The zero-order valence-electron chi connectivity index (χ0n) is 5.52. The number of nitrogens with one attached hydrogen (secondary N) is 1. The Labute approximate surface area is 93.8 Å². The van der Waals surface area contributed by atoms with Gasteiger partial charge in [-0.3, -0.25) is 0 Å². The van der Waals surface area contributed by atoms with E-state index in [1.165, 1.54) is 0 Å². The molecule has 4 nitrogen and oxygen atoms in total. The molecule has 0 saturated carbocycles. The summed E-state index contributed by atoms with van der Waals surface area (Å²) < 4.78 is 13.3. The van der Waals surface area contributed by atoms with Crippen LogP contribution in [-0.4, -0.2) is 17.4 Å². The number of carbonyl (C=O) groups excluding carboxylic acids is 1. The monoisotopic (exact) mass is 499 g/mol. The second-order valence-electron chi connectivity index (χ2n) is 1.74. The Kier molecular flexibility index (Phi) is 5.91. The average molecular weight is 499 g/mol. The zero-order valence-corrected chi connectivity index (χ0v) is 12.0. The number of hydrogen-bond donors (Lipinski definition) is 1. The van der Waals surface area contributed by atoms with Crippen LogP contribution in [0.4, 0.5) is 0 Å². The molecule has 1 aliphatic rings. The summed E-state index contributed by atoms with van der Waals surface area (Å²) in [6.45, 7) is 0.766. The van der Waals surface area contributed by atoms with Crippen LogP contribution in [0.5, 0.6) is 0 Å². The van der Waals surface area contributed by atoms with Crippen molar-refractivity contribution in [2.45, 2.75) is 12.8 Å². The van der Waals surface area contributed by atoms with Crippen LogP contribution in [0.2, 0.25) is 0 Å². The molecule has 7 heteroatoms.